The van der Waals surface area contributed by atoms with Crippen LogP contribution in [0.5, 0.6) is 11.5 Å². The number of rotatable bonds is 2. The molecule has 0 spiro atoms. The minimum Gasteiger partial charge on any atom is -0.451 e. The van der Waals surface area contributed by atoms with E-state index in [1.165, 1.54) is 0 Å². The molecule has 1 unspecified atom stereocenters. The Morgan fingerprint density at radius 3 is 2.85 bits per heavy atom. The number of nitrogens with two attached hydrogens (primary N) is 1. The van der Waals surface area contributed by atoms with Crippen molar-refractivity contribution in [2.24, 2.45) is 0 Å². The monoisotopic (exact) mass is 179 g/mol. The SMILES string of the molecule is CCCC1Oc2ccc(N)cc2O1. The maximum absolute atomic E-state index is 5.61. The largest absolute Gasteiger partial charge is 0.451 e. The molecular weight excluding hydrogens is 166 g/mol. The van der Waals surface area contributed by atoms with Crippen LogP contribution in [0.15, 0.2) is 18.2 Å². The molecule has 1 heterocycles. The molecule has 1 atom stereocenters. The average Bonchev–Trinajstić information content (AvgIpc) is 2.46. The van der Waals surface area contributed by atoms with Gasteiger partial charge in [-0.15, -0.1) is 0 Å². The Hall–Kier alpha value is -1.38. The lowest BCUT2D eigenvalue weighted by molar-refractivity contribution is 0.0413. The van der Waals surface area contributed by atoms with Gasteiger partial charge in [-0.3, -0.25) is 0 Å². The zero-order valence-corrected chi connectivity index (χ0v) is 7.62. The molecule has 70 valence electrons. The van der Waals surface area contributed by atoms with E-state index in [4.69, 9.17) is 15.2 Å². The molecule has 1 aromatic carbocycles. The number of benzene rings is 1. The van der Waals surface area contributed by atoms with Crippen LogP contribution < -0.4 is 15.2 Å². The number of fused-ring (bicyclic) bond motifs is 1. The third-order valence-electron chi connectivity index (χ3n) is 2.01. The van der Waals surface area contributed by atoms with E-state index in [2.05, 4.69) is 6.92 Å². The van der Waals surface area contributed by atoms with Gasteiger partial charge in [0.25, 0.3) is 0 Å². The molecule has 0 amide bonds. The maximum atomic E-state index is 5.61. The van der Waals surface area contributed by atoms with Crippen molar-refractivity contribution in [1.29, 1.82) is 0 Å². The summed E-state index contributed by atoms with van der Waals surface area (Å²) in [5, 5.41) is 0. The molecule has 0 radical (unpaired) electrons. The molecular formula is C10H13NO2. The number of nitrogen functional groups attached to an aromatic ring is 1. The van der Waals surface area contributed by atoms with Gasteiger partial charge >= 0.3 is 0 Å². The molecule has 0 saturated carbocycles. The standard InChI is InChI=1S/C10H13NO2/c1-2-3-10-12-8-5-4-7(11)6-9(8)13-10/h4-6,10H,2-3,11H2,1H3. The predicted octanol–water partition coefficient (Wildman–Crippen LogP) is 2.17. The summed E-state index contributed by atoms with van der Waals surface area (Å²) in [6, 6.07) is 5.46. The summed E-state index contributed by atoms with van der Waals surface area (Å²) in [4.78, 5) is 0. The van der Waals surface area contributed by atoms with Crippen LogP contribution in [0, 0.1) is 0 Å². The highest BCUT2D eigenvalue weighted by Crippen LogP contribution is 2.36. The van der Waals surface area contributed by atoms with Gasteiger partial charge in [0.15, 0.2) is 11.5 Å². The summed E-state index contributed by atoms with van der Waals surface area (Å²) in [5.74, 6) is 1.56. The summed E-state index contributed by atoms with van der Waals surface area (Å²) >= 11 is 0. The van der Waals surface area contributed by atoms with E-state index in [0.29, 0.717) is 5.69 Å². The lowest BCUT2D eigenvalue weighted by Crippen LogP contribution is -2.16. The molecule has 1 aliphatic rings. The van der Waals surface area contributed by atoms with Crippen LogP contribution in [0.4, 0.5) is 5.69 Å². The molecule has 3 heteroatoms. The van der Waals surface area contributed by atoms with Crippen LogP contribution in [0.3, 0.4) is 0 Å². The minimum absolute atomic E-state index is 0.123. The lowest BCUT2D eigenvalue weighted by Gasteiger charge is -2.07. The van der Waals surface area contributed by atoms with E-state index in [-0.39, 0.29) is 6.29 Å². The Labute approximate surface area is 77.5 Å². The molecule has 13 heavy (non-hydrogen) atoms. The number of ether oxygens (including phenoxy) is 2. The Kier molecular flexibility index (Phi) is 2.00. The number of hydrogen-bond donors (Lipinski definition) is 1. The van der Waals surface area contributed by atoms with Crippen molar-refractivity contribution in [1.82, 2.24) is 0 Å². The number of hydrogen-bond acceptors (Lipinski definition) is 3. The molecule has 1 aromatic rings. The maximum Gasteiger partial charge on any atom is 0.241 e. The fraction of sp³-hybridized carbons (Fsp3) is 0.400. The van der Waals surface area contributed by atoms with E-state index in [0.717, 1.165) is 24.3 Å². The molecule has 3 nitrogen and oxygen atoms in total. The summed E-state index contributed by atoms with van der Waals surface area (Å²) in [7, 11) is 0. The summed E-state index contributed by atoms with van der Waals surface area (Å²) in [6.07, 6.45) is 1.84. The van der Waals surface area contributed by atoms with Crippen molar-refractivity contribution in [2.45, 2.75) is 26.1 Å². The first-order chi connectivity index (χ1) is 6.29. The van der Waals surface area contributed by atoms with Gasteiger partial charge < -0.3 is 15.2 Å². The average molecular weight is 179 g/mol. The first-order valence-corrected chi connectivity index (χ1v) is 4.52. The fourth-order valence-electron chi connectivity index (χ4n) is 1.37. The summed E-state index contributed by atoms with van der Waals surface area (Å²) in [6.45, 7) is 2.10. The van der Waals surface area contributed by atoms with Crippen LogP contribution in [-0.4, -0.2) is 6.29 Å². The van der Waals surface area contributed by atoms with Crippen LogP contribution >= 0.6 is 0 Å². The third kappa shape index (κ3) is 1.54. The molecule has 2 rings (SSSR count). The van der Waals surface area contributed by atoms with Gasteiger partial charge in [0.2, 0.25) is 6.29 Å². The van der Waals surface area contributed by atoms with E-state index < -0.39 is 0 Å². The van der Waals surface area contributed by atoms with Gasteiger partial charge in [0.05, 0.1) is 0 Å². The van der Waals surface area contributed by atoms with E-state index in [1.807, 2.05) is 12.1 Å². The fourth-order valence-corrected chi connectivity index (χ4v) is 1.37. The Morgan fingerprint density at radius 2 is 2.08 bits per heavy atom. The highest BCUT2D eigenvalue weighted by molar-refractivity contribution is 5.53. The van der Waals surface area contributed by atoms with Crippen LogP contribution in [-0.2, 0) is 0 Å². The zero-order chi connectivity index (χ0) is 9.26. The molecule has 0 bridgehead atoms. The molecule has 1 aliphatic heterocycles. The Bertz CT molecular complexity index is 312. The highest BCUT2D eigenvalue weighted by Gasteiger charge is 2.22. The predicted molar refractivity (Wildman–Crippen MR) is 50.8 cm³/mol. The van der Waals surface area contributed by atoms with Gasteiger partial charge in [-0.05, 0) is 18.6 Å². The smallest absolute Gasteiger partial charge is 0.241 e. The Morgan fingerprint density at radius 1 is 1.31 bits per heavy atom. The van der Waals surface area contributed by atoms with Gasteiger partial charge in [-0.2, -0.15) is 0 Å². The topological polar surface area (TPSA) is 44.5 Å². The van der Waals surface area contributed by atoms with E-state index >= 15 is 0 Å². The normalized spacial score (nSPS) is 19.0. The zero-order valence-electron chi connectivity index (χ0n) is 7.62. The first kappa shape index (κ1) is 8.23. The molecule has 0 saturated heterocycles. The second-order valence-electron chi connectivity index (χ2n) is 3.16. The van der Waals surface area contributed by atoms with Gasteiger partial charge in [0.1, 0.15) is 0 Å². The van der Waals surface area contributed by atoms with Crippen molar-refractivity contribution in [2.75, 3.05) is 5.73 Å². The molecule has 2 N–H and O–H groups in total. The van der Waals surface area contributed by atoms with Crippen molar-refractivity contribution in [3.63, 3.8) is 0 Å². The third-order valence-corrected chi connectivity index (χ3v) is 2.01. The molecule has 0 aliphatic carbocycles. The highest BCUT2D eigenvalue weighted by atomic mass is 16.7. The quantitative estimate of drug-likeness (QED) is 0.707. The van der Waals surface area contributed by atoms with E-state index in [1.54, 1.807) is 6.07 Å². The summed E-state index contributed by atoms with van der Waals surface area (Å²) < 4.78 is 11.1. The summed E-state index contributed by atoms with van der Waals surface area (Å²) in [5.41, 5.74) is 6.32. The van der Waals surface area contributed by atoms with Gasteiger partial charge in [0, 0.05) is 18.2 Å². The first-order valence-electron chi connectivity index (χ1n) is 4.52. The number of anilines is 1. The second-order valence-corrected chi connectivity index (χ2v) is 3.16. The van der Waals surface area contributed by atoms with Crippen molar-refractivity contribution < 1.29 is 9.47 Å². The lowest BCUT2D eigenvalue weighted by atomic mass is 10.3. The van der Waals surface area contributed by atoms with Crippen LogP contribution in [0.1, 0.15) is 19.8 Å². The van der Waals surface area contributed by atoms with Gasteiger partial charge in [-0.1, -0.05) is 6.92 Å². The van der Waals surface area contributed by atoms with Crippen molar-refractivity contribution in [3.8, 4) is 11.5 Å². The molecule has 0 aromatic heterocycles. The molecule has 0 fully saturated rings. The minimum atomic E-state index is -0.123. The van der Waals surface area contributed by atoms with Crippen molar-refractivity contribution in [3.05, 3.63) is 18.2 Å². The Balaban J connectivity index is 2.16. The van der Waals surface area contributed by atoms with Crippen molar-refractivity contribution >= 4 is 5.69 Å². The van der Waals surface area contributed by atoms with E-state index in [9.17, 15) is 0 Å². The van der Waals surface area contributed by atoms with Crippen LogP contribution in [0.25, 0.3) is 0 Å². The van der Waals surface area contributed by atoms with Crippen LogP contribution in [0.2, 0.25) is 0 Å². The van der Waals surface area contributed by atoms with Gasteiger partial charge in [-0.25, -0.2) is 0 Å². The second kappa shape index (κ2) is 3.17.